The summed E-state index contributed by atoms with van der Waals surface area (Å²) in [4.78, 5) is 11.0. The van der Waals surface area contributed by atoms with Crippen LogP contribution in [0.15, 0.2) is 23.7 Å². The van der Waals surface area contributed by atoms with E-state index in [-0.39, 0.29) is 6.42 Å². The maximum atomic E-state index is 11.0. The molecule has 0 radical (unpaired) electrons. The van der Waals surface area contributed by atoms with Gasteiger partial charge in [-0.3, -0.25) is 4.79 Å². The van der Waals surface area contributed by atoms with Crippen LogP contribution < -0.4 is 10.1 Å². The molecule has 0 aliphatic carbocycles. The SMILES string of the molecule is CNCC(=Cc1cc(CC(=O)O)ccc1OC)B1OC(C)(C)C(C)(C)O1. The fourth-order valence-corrected chi connectivity index (χ4v) is 2.78. The summed E-state index contributed by atoms with van der Waals surface area (Å²) < 4.78 is 17.7. The van der Waals surface area contributed by atoms with E-state index in [1.165, 1.54) is 0 Å². The summed E-state index contributed by atoms with van der Waals surface area (Å²) in [7, 11) is 2.97. The van der Waals surface area contributed by atoms with Crippen molar-refractivity contribution in [1.82, 2.24) is 5.32 Å². The average Bonchev–Trinajstić information content (AvgIpc) is 2.74. The smallest absolute Gasteiger partial charge is 0.491 e. The summed E-state index contributed by atoms with van der Waals surface area (Å²) >= 11 is 0. The Morgan fingerprint density at radius 2 is 1.88 bits per heavy atom. The molecule has 0 saturated carbocycles. The zero-order valence-electron chi connectivity index (χ0n) is 16.4. The number of rotatable bonds is 7. The number of hydrogen-bond acceptors (Lipinski definition) is 5. The number of hydrogen-bond donors (Lipinski definition) is 2. The first kappa shape index (κ1) is 20.5. The third-order valence-corrected chi connectivity index (χ3v) is 4.93. The average molecular weight is 361 g/mol. The van der Waals surface area contributed by atoms with Crippen molar-refractivity contribution in [2.75, 3.05) is 20.7 Å². The number of ether oxygens (including phenoxy) is 1. The highest BCUT2D eigenvalue weighted by Crippen LogP contribution is 2.39. The van der Waals surface area contributed by atoms with Gasteiger partial charge in [-0.1, -0.05) is 12.1 Å². The molecule has 0 atom stereocenters. The predicted molar refractivity (Wildman–Crippen MR) is 102 cm³/mol. The van der Waals surface area contributed by atoms with Gasteiger partial charge >= 0.3 is 13.1 Å². The van der Waals surface area contributed by atoms with Gasteiger partial charge in [-0.15, -0.1) is 0 Å². The molecule has 0 spiro atoms. The molecule has 1 saturated heterocycles. The van der Waals surface area contributed by atoms with Crippen molar-refractivity contribution in [3.63, 3.8) is 0 Å². The molecule has 2 N–H and O–H groups in total. The first-order valence-electron chi connectivity index (χ1n) is 8.69. The van der Waals surface area contributed by atoms with Gasteiger partial charge in [0, 0.05) is 12.1 Å². The normalized spacial score (nSPS) is 18.8. The molecule has 1 aliphatic rings. The van der Waals surface area contributed by atoms with Crippen LogP contribution in [0, 0.1) is 0 Å². The minimum absolute atomic E-state index is 0.0390. The fourth-order valence-electron chi connectivity index (χ4n) is 2.78. The van der Waals surface area contributed by atoms with Crippen LogP contribution in [0.1, 0.15) is 38.8 Å². The molecule has 0 aromatic heterocycles. The van der Waals surface area contributed by atoms with Gasteiger partial charge in [0.1, 0.15) is 5.75 Å². The van der Waals surface area contributed by atoms with Crippen LogP contribution >= 0.6 is 0 Å². The number of likely N-dealkylation sites (N-methyl/N-ethyl adjacent to an activating group) is 1. The van der Waals surface area contributed by atoms with Gasteiger partial charge in [0.15, 0.2) is 0 Å². The number of carboxylic acid groups (broad SMARTS) is 1. The summed E-state index contributed by atoms with van der Waals surface area (Å²) in [6.45, 7) is 8.62. The minimum Gasteiger partial charge on any atom is -0.496 e. The number of nitrogens with one attached hydrogen (secondary N) is 1. The van der Waals surface area contributed by atoms with Crippen molar-refractivity contribution in [1.29, 1.82) is 0 Å². The summed E-state index contributed by atoms with van der Waals surface area (Å²) in [6, 6.07) is 5.37. The van der Waals surface area contributed by atoms with E-state index in [1.54, 1.807) is 19.2 Å². The summed E-state index contributed by atoms with van der Waals surface area (Å²) in [5.74, 6) is -0.198. The molecule has 2 rings (SSSR count). The van der Waals surface area contributed by atoms with E-state index in [1.807, 2.05) is 46.9 Å². The largest absolute Gasteiger partial charge is 0.496 e. The predicted octanol–water partition coefficient (Wildman–Crippen LogP) is 2.56. The molecule has 0 amide bonds. The van der Waals surface area contributed by atoms with Gasteiger partial charge in [-0.25, -0.2) is 0 Å². The van der Waals surface area contributed by atoms with Crippen LogP contribution in [-0.2, 0) is 20.5 Å². The van der Waals surface area contributed by atoms with Crippen LogP contribution in [0.5, 0.6) is 5.75 Å². The Hall–Kier alpha value is -1.83. The number of methoxy groups -OCH3 is 1. The van der Waals surface area contributed by atoms with Crippen molar-refractivity contribution in [3.8, 4) is 5.75 Å². The van der Waals surface area contributed by atoms with Crippen LogP contribution in [0.4, 0.5) is 0 Å². The van der Waals surface area contributed by atoms with Crippen LogP contribution in [0.25, 0.3) is 6.08 Å². The van der Waals surface area contributed by atoms with Crippen molar-refractivity contribution in [2.45, 2.75) is 45.3 Å². The van der Waals surface area contributed by atoms with Crippen LogP contribution in [0.3, 0.4) is 0 Å². The molecule has 0 unspecified atom stereocenters. The zero-order chi connectivity index (χ0) is 19.5. The molecule has 6 nitrogen and oxygen atoms in total. The molecule has 0 bridgehead atoms. The monoisotopic (exact) mass is 361 g/mol. The highest BCUT2D eigenvalue weighted by atomic mass is 16.7. The summed E-state index contributed by atoms with van der Waals surface area (Å²) in [5, 5.41) is 12.2. The highest BCUT2D eigenvalue weighted by Gasteiger charge is 2.52. The van der Waals surface area contributed by atoms with Crippen molar-refractivity contribution >= 4 is 19.2 Å². The molecule has 1 aliphatic heterocycles. The Bertz CT molecular complexity index is 683. The van der Waals surface area contributed by atoms with E-state index in [2.05, 4.69) is 5.32 Å². The second kappa shape index (κ2) is 7.82. The van der Waals surface area contributed by atoms with Gasteiger partial charge in [-0.2, -0.15) is 0 Å². The molecule has 7 heteroatoms. The first-order chi connectivity index (χ1) is 12.1. The van der Waals surface area contributed by atoms with Gasteiger partial charge in [0.25, 0.3) is 0 Å². The van der Waals surface area contributed by atoms with Crippen molar-refractivity contribution in [3.05, 3.63) is 34.8 Å². The lowest BCUT2D eigenvalue weighted by Crippen LogP contribution is -2.41. The number of carbonyl (C=O) groups is 1. The van der Waals surface area contributed by atoms with E-state index in [0.29, 0.717) is 17.9 Å². The molecular weight excluding hydrogens is 333 g/mol. The quantitative estimate of drug-likeness (QED) is 0.727. The van der Waals surface area contributed by atoms with E-state index < -0.39 is 24.3 Å². The zero-order valence-corrected chi connectivity index (χ0v) is 16.4. The molecule has 1 fully saturated rings. The van der Waals surface area contributed by atoms with E-state index in [4.69, 9.17) is 19.2 Å². The van der Waals surface area contributed by atoms with Gasteiger partial charge in [-0.05, 0) is 57.9 Å². The molecule has 26 heavy (non-hydrogen) atoms. The second-order valence-electron chi connectivity index (χ2n) is 7.48. The lowest BCUT2D eigenvalue weighted by Gasteiger charge is -2.32. The lowest BCUT2D eigenvalue weighted by molar-refractivity contribution is -0.136. The number of benzene rings is 1. The molecule has 1 aromatic rings. The van der Waals surface area contributed by atoms with Crippen molar-refractivity contribution < 1.29 is 23.9 Å². The molecule has 142 valence electrons. The second-order valence-corrected chi connectivity index (χ2v) is 7.48. The lowest BCUT2D eigenvalue weighted by atomic mass is 9.77. The van der Waals surface area contributed by atoms with Crippen LogP contribution in [-0.4, -0.2) is 50.1 Å². The van der Waals surface area contributed by atoms with Gasteiger partial charge in [0.2, 0.25) is 0 Å². The minimum atomic E-state index is -0.869. The standard InChI is InChI=1S/C19H28BNO5/c1-18(2)19(3,4)26-20(25-18)15(12-21-5)11-14-9-13(10-17(22)23)7-8-16(14)24-6/h7-9,11,21H,10,12H2,1-6H3,(H,22,23). The highest BCUT2D eigenvalue weighted by molar-refractivity contribution is 6.56. The van der Waals surface area contributed by atoms with Gasteiger partial charge in [0.05, 0.1) is 24.7 Å². The van der Waals surface area contributed by atoms with Crippen LogP contribution in [0.2, 0.25) is 0 Å². The first-order valence-corrected chi connectivity index (χ1v) is 8.69. The van der Waals surface area contributed by atoms with E-state index in [0.717, 1.165) is 11.0 Å². The Morgan fingerprint density at radius 1 is 1.27 bits per heavy atom. The van der Waals surface area contributed by atoms with Gasteiger partial charge < -0.3 is 24.5 Å². The Labute approximate surface area is 155 Å². The van der Waals surface area contributed by atoms with E-state index in [9.17, 15) is 4.79 Å². The maximum Gasteiger partial charge on any atom is 0.491 e. The van der Waals surface area contributed by atoms with E-state index >= 15 is 0 Å². The molecule has 1 aromatic carbocycles. The Kier molecular flexibility index (Phi) is 6.16. The summed E-state index contributed by atoms with van der Waals surface area (Å²) in [5.41, 5.74) is 1.56. The Balaban J connectivity index is 2.41. The van der Waals surface area contributed by atoms with Crippen molar-refractivity contribution in [2.24, 2.45) is 0 Å². The summed E-state index contributed by atoms with van der Waals surface area (Å²) in [6.07, 6.45) is 1.91. The topological polar surface area (TPSA) is 77.0 Å². The molecular formula is C19H28BNO5. The Morgan fingerprint density at radius 3 is 2.38 bits per heavy atom. The molecule has 1 heterocycles. The number of carboxylic acids is 1. The third-order valence-electron chi connectivity index (χ3n) is 4.93. The fraction of sp³-hybridized carbons (Fsp3) is 0.526. The maximum absolute atomic E-state index is 11.0. The third kappa shape index (κ3) is 4.47. The number of aliphatic carboxylic acids is 1.